The highest BCUT2D eigenvalue weighted by Crippen LogP contribution is 2.37. The van der Waals surface area contributed by atoms with E-state index in [1.165, 1.54) is 4.88 Å². The molecule has 4 heteroatoms. The van der Waals surface area contributed by atoms with Crippen molar-refractivity contribution in [2.75, 3.05) is 6.79 Å². The van der Waals surface area contributed by atoms with Crippen LogP contribution in [-0.4, -0.2) is 13.1 Å². The zero-order valence-corrected chi connectivity index (χ0v) is 11.4. The van der Waals surface area contributed by atoms with E-state index in [-0.39, 0.29) is 6.79 Å². The van der Waals surface area contributed by atoms with Crippen LogP contribution in [0.25, 0.3) is 0 Å². The van der Waals surface area contributed by atoms with E-state index < -0.39 is 5.41 Å². The molecule has 1 atom stereocenters. The SMILES string of the molecule is CC(C=O)(Cc1cccs1)c1ccc2c(c1)OCO2. The Labute approximate surface area is 115 Å². The quantitative estimate of drug-likeness (QED) is 0.803. The van der Waals surface area contributed by atoms with Gasteiger partial charge in [-0.2, -0.15) is 0 Å². The minimum absolute atomic E-state index is 0.252. The fourth-order valence-corrected chi connectivity index (χ4v) is 3.11. The highest BCUT2D eigenvalue weighted by atomic mass is 32.1. The van der Waals surface area contributed by atoms with Crippen molar-refractivity contribution >= 4 is 17.6 Å². The number of rotatable bonds is 4. The van der Waals surface area contributed by atoms with Crippen molar-refractivity contribution in [3.8, 4) is 11.5 Å². The Morgan fingerprint density at radius 2 is 2.16 bits per heavy atom. The van der Waals surface area contributed by atoms with Gasteiger partial charge in [0, 0.05) is 4.88 Å². The van der Waals surface area contributed by atoms with Gasteiger partial charge in [0.15, 0.2) is 11.5 Å². The number of fused-ring (bicyclic) bond motifs is 1. The number of thiophene rings is 1. The molecule has 1 aliphatic rings. The Bertz CT molecular complexity index is 591. The summed E-state index contributed by atoms with van der Waals surface area (Å²) in [7, 11) is 0. The lowest BCUT2D eigenvalue weighted by atomic mass is 9.80. The molecule has 0 saturated heterocycles. The molecule has 1 unspecified atom stereocenters. The van der Waals surface area contributed by atoms with Crippen molar-refractivity contribution in [3.63, 3.8) is 0 Å². The van der Waals surface area contributed by atoms with Gasteiger partial charge in [0.25, 0.3) is 0 Å². The predicted molar refractivity (Wildman–Crippen MR) is 74.0 cm³/mol. The molecule has 1 aromatic heterocycles. The van der Waals surface area contributed by atoms with Gasteiger partial charge in [-0.05, 0) is 42.5 Å². The molecule has 0 N–H and O–H groups in total. The van der Waals surface area contributed by atoms with E-state index in [2.05, 4.69) is 6.07 Å². The first-order valence-electron chi connectivity index (χ1n) is 6.10. The van der Waals surface area contributed by atoms with Crippen LogP contribution in [0.4, 0.5) is 0 Å². The van der Waals surface area contributed by atoms with E-state index in [1.54, 1.807) is 11.3 Å². The van der Waals surface area contributed by atoms with Crippen LogP contribution in [0.15, 0.2) is 35.7 Å². The summed E-state index contributed by atoms with van der Waals surface area (Å²) < 4.78 is 10.7. The largest absolute Gasteiger partial charge is 0.454 e. The molecule has 0 spiro atoms. The fraction of sp³-hybridized carbons (Fsp3) is 0.267. The topological polar surface area (TPSA) is 35.5 Å². The molecule has 3 nitrogen and oxygen atoms in total. The zero-order valence-electron chi connectivity index (χ0n) is 10.6. The Morgan fingerprint density at radius 3 is 2.89 bits per heavy atom. The van der Waals surface area contributed by atoms with Gasteiger partial charge < -0.3 is 14.3 Å². The van der Waals surface area contributed by atoms with Crippen LogP contribution in [0.3, 0.4) is 0 Å². The summed E-state index contributed by atoms with van der Waals surface area (Å²) in [6.07, 6.45) is 1.72. The van der Waals surface area contributed by atoms with Gasteiger partial charge in [0.2, 0.25) is 6.79 Å². The van der Waals surface area contributed by atoms with Gasteiger partial charge in [-0.25, -0.2) is 0 Å². The third-order valence-corrected chi connectivity index (χ3v) is 4.29. The summed E-state index contributed by atoms with van der Waals surface area (Å²) in [5.74, 6) is 1.46. The number of ether oxygens (including phenoxy) is 2. The average molecular weight is 274 g/mol. The molecular formula is C15H14O3S. The second-order valence-corrected chi connectivity index (χ2v) is 5.89. The molecule has 2 heterocycles. The van der Waals surface area contributed by atoms with Gasteiger partial charge in [-0.3, -0.25) is 0 Å². The van der Waals surface area contributed by atoms with Crippen LogP contribution in [0.1, 0.15) is 17.4 Å². The van der Waals surface area contributed by atoms with Crippen LogP contribution in [-0.2, 0) is 16.6 Å². The first-order valence-corrected chi connectivity index (χ1v) is 6.98. The monoisotopic (exact) mass is 274 g/mol. The highest BCUT2D eigenvalue weighted by molar-refractivity contribution is 7.09. The molecule has 2 aromatic rings. The van der Waals surface area contributed by atoms with E-state index in [1.807, 2.05) is 36.6 Å². The first-order chi connectivity index (χ1) is 9.21. The summed E-state index contributed by atoms with van der Waals surface area (Å²) in [5.41, 5.74) is 0.423. The molecule has 0 amide bonds. The van der Waals surface area contributed by atoms with Gasteiger partial charge in [0.1, 0.15) is 6.29 Å². The van der Waals surface area contributed by atoms with Crippen molar-refractivity contribution in [2.45, 2.75) is 18.8 Å². The summed E-state index contributed by atoms with van der Waals surface area (Å²) in [6, 6.07) is 9.78. The Hall–Kier alpha value is -1.81. The average Bonchev–Trinajstić information content (AvgIpc) is 3.08. The molecule has 3 rings (SSSR count). The summed E-state index contributed by atoms with van der Waals surface area (Å²) in [5, 5.41) is 2.03. The minimum atomic E-state index is -0.536. The number of carbonyl (C=O) groups excluding carboxylic acids is 1. The second kappa shape index (κ2) is 4.70. The highest BCUT2D eigenvalue weighted by Gasteiger charge is 2.29. The Morgan fingerprint density at radius 1 is 1.32 bits per heavy atom. The molecule has 0 bridgehead atoms. The molecule has 0 fully saturated rings. The third-order valence-electron chi connectivity index (χ3n) is 3.41. The van der Waals surface area contributed by atoms with Crippen molar-refractivity contribution in [2.24, 2.45) is 0 Å². The van der Waals surface area contributed by atoms with Crippen LogP contribution in [0.2, 0.25) is 0 Å². The molecule has 0 radical (unpaired) electrons. The molecule has 19 heavy (non-hydrogen) atoms. The van der Waals surface area contributed by atoms with E-state index in [0.29, 0.717) is 6.42 Å². The number of carbonyl (C=O) groups is 1. The maximum absolute atomic E-state index is 11.6. The minimum Gasteiger partial charge on any atom is -0.454 e. The molecule has 0 saturated carbocycles. The molecule has 98 valence electrons. The smallest absolute Gasteiger partial charge is 0.231 e. The number of benzene rings is 1. The van der Waals surface area contributed by atoms with Crippen molar-refractivity contribution < 1.29 is 14.3 Å². The summed E-state index contributed by atoms with van der Waals surface area (Å²) in [6.45, 7) is 2.21. The first kappa shape index (κ1) is 12.2. The van der Waals surface area contributed by atoms with Crippen molar-refractivity contribution in [3.05, 3.63) is 46.2 Å². The fourth-order valence-electron chi connectivity index (χ4n) is 2.24. The van der Waals surface area contributed by atoms with Crippen molar-refractivity contribution in [1.82, 2.24) is 0 Å². The van der Waals surface area contributed by atoms with E-state index in [9.17, 15) is 4.79 Å². The van der Waals surface area contributed by atoms with Gasteiger partial charge in [-0.1, -0.05) is 12.1 Å². The Kier molecular flexibility index (Phi) is 3.03. The van der Waals surface area contributed by atoms with Crippen LogP contribution >= 0.6 is 11.3 Å². The molecule has 0 aliphatic carbocycles. The lowest BCUT2D eigenvalue weighted by Gasteiger charge is -2.23. The molecule has 1 aromatic carbocycles. The van der Waals surface area contributed by atoms with Crippen molar-refractivity contribution in [1.29, 1.82) is 0 Å². The summed E-state index contributed by atoms with van der Waals surface area (Å²) >= 11 is 1.67. The van der Waals surface area contributed by atoms with Gasteiger partial charge in [-0.15, -0.1) is 11.3 Å². The van der Waals surface area contributed by atoms with E-state index in [4.69, 9.17) is 9.47 Å². The van der Waals surface area contributed by atoms with E-state index in [0.717, 1.165) is 23.3 Å². The lowest BCUT2D eigenvalue weighted by Crippen LogP contribution is -2.26. The van der Waals surface area contributed by atoms with Gasteiger partial charge >= 0.3 is 0 Å². The maximum atomic E-state index is 11.6. The number of hydrogen-bond donors (Lipinski definition) is 0. The number of aldehydes is 1. The molecular weight excluding hydrogens is 260 g/mol. The van der Waals surface area contributed by atoms with Crippen LogP contribution in [0.5, 0.6) is 11.5 Å². The lowest BCUT2D eigenvalue weighted by molar-refractivity contribution is -0.112. The second-order valence-electron chi connectivity index (χ2n) is 4.86. The summed E-state index contributed by atoms with van der Waals surface area (Å²) in [4.78, 5) is 12.8. The van der Waals surface area contributed by atoms with E-state index >= 15 is 0 Å². The Balaban J connectivity index is 1.95. The maximum Gasteiger partial charge on any atom is 0.231 e. The molecule has 1 aliphatic heterocycles. The standard InChI is InChI=1S/C15H14O3S/c1-15(9-16,8-12-3-2-6-19-12)11-4-5-13-14(7-11)18-10-17-13/h2-7,9H,8,10H2,1H3. The van der Waals surface area contributed by atoms with Gasteiger partial charge in [0.05, 0.1) is 5.41 Å². The van der Waals surface area contributed by atoms with Crippen LogP contribution < -0.4 is 9.47 Å². The predicted octanol–water partition coefficient (Wildman–Crippen LogP) is 3.18. The number of hydrogen-bond acceptors (Lipinski definition) is 4. The zero-order chi connectivity index (χ0) is 13.3. The van der Waals surface area contributed by atoms with Crippen LogP contribution in [0, 0.1) is 0 Å². The normalized spacial score (nSPS) is 16.1. The third kappa shape index (κ3) is 2.24.